The molecule has 0 aliphatic heterocycles. The third-order valence-electron chi connectivity index (χ3n) is 2.31. The molecule has 100 valence electrons. The molecule has 0 unspecified atom stereocenters. The van der Waals surface area contributed by atoms with Crippen LogP contribution in [-0.2, 0) is 0 Å². The fourth-order valence-electron chi connectivity index (χ4n) is 1.39. The number of amides is 1. The average molecular weight is 311 g/mol. The topological polar surface area (TPSA) is 78.7 Å². The lowest BCUT2D eigenvalue weighted by Crippen LogP contribution is -2.14. The summed E-state index contributed by atoms with van der Waals surface area (Å²) < 4.78 is 13.6. The molecule has 1 aromatic heterocycles. The van der Waals surface area contributed by atoms with Gasteiger partial charge in [-0.15, -0.1) is 10.2 Å². The summed E-state index contributed by atoms with van der Waals surface area (Å²) in [6, 6.07) is 6.66. The van der Waals surface area contributed by atoms with Gasteiger partial charge >= 0.3 is 0 Å². The minimum Gasteiger partial charge on any atom is -0.319 e. The Balaban J connectivity index is 2.28. The van der Waals surface area contributed by atoms with Crippen molar-refractivity contribution in [3.8, 4) is 6.07 Å². The molecule has 1 aromatic carbocycles. The van der Waals surface area contributed by atoms with Gasteiger partial charge in [-0.3, -0.25) is 4.79 Å². The zero-order valence-electron chi connectivity index (χ0n) is 9.69. The Morgan fingerprint density at radius 1 is 1.30 bits per heavy atom. The van der Waals surface area contributed by atoms with E-state index < -0.39 is 11.7 Å². The molecule has 1 amide bonds. The molecule has 2 aromatic rings. The molecule has 20 heavy (non-hydrogen) atoms. The standard InChI is InChI=1S/C12H5Cl2FN4O/c13-10-4-7(11(14)19-18-10)12(20)17-9-2-1-6(5-16)3-8(9)15/h1-4H,(H,17,20). The van der Waals surface area contributed by atoms with Gasteiger partial charge in [0.05, 0.1) is 22.9 Å². The summed E-state index contributed by atoms with van der Waals surface area (Å²) in [6.45, 7) is 0. The molecule has 0 atom stereocenters. The normalized spacial score (nSPS) is 9.90. The van der Waals surface area contributed by atoms with Gasteiger partial charge in [-0.1, -0.05) is 23.2 Å². The number of anilines is 1. The van der Waals surface area contributed by atoms with Crippen molar-refractivity contribution in [3.63, 3.8) is 0 Å². The first-order valence-electron chi connectivity index (χ1n) is 5.21. The van der Waals surface area contributed by atoms with Crippen LogP contribution >= 0.6 is 23.2 Å². The fraction of sp³-hybridized carbons (Fsp3) is 0. The van der Waals surface area contributed by atoms with E-state index in [0.29, 0.717) is 0 Å². The van der Waals surface area contributed by atoms with Crippen LogP contribution in [0.4, 0.5) is 10.1 Å². The number of rotatable bonds is 2. The molecule has 0 radical (unpaired) electrons. The molecule has 0 spiro atoms. The lowest BCUT2D eigenvalue weighted by molar-refractivity contribution is 0.102. The first-order valence-corrected chi connectivity index (χ1v) is 5.96. The molecule has 0 bridgehead atoms. The van der Waals surface area contributed by atoms with Gasteiger partial charge in [0.2, 0.25) is 0 Å². The quantitative estimate of drug-likeness (QED) is 0.924. The molecule has 0 saturated carbocycles. The van der Waals surface area contributed by atoms with Crippen molar-refractivity contribution in [1.29, 1.82) is 5.26 Å². The molecule has 2 rings (SSSR count). The van der Waals surface area contributed by atoms with Crippen LogP contribution in [0.2, 0.25) is 10.3 Å². The molecule has 0 fully saturated rings. The Morgan fingerprint density at radius 2 is 2.05 bits per heavy atom. The largest absolute Gasteiger partial charge is 0.319 e. The number of aromatic nitrogens is 2. The summed E-state index contributed by atoms with van der Waals surface area (Å²) in [4.78, 5) is 11.9. The van der Waals surface area contributed by atoms with E-state index >= 15 is 0 Å². The van der Waals surface area contributed by atoms with E-state index in [-0.39, 0.29) is 27.1 Å². The molecule has 0 aliphatic carbocycles. The first-order chi connectivity index (χ1) is 9.51. The summed E-state index contributed by atoms with van der Waals surface area (Å²) in [5.41, 5.74) is 0.0283. The monoisotopic (exact) mass is 310 g/mol. The van der Waals surface area contributed by atoms with Crippen LogP contribution in [0.3, 0.4) is 0 Å². The van der Waals surface area contributed by atoms with Crippen molar-refractivity contribution in [1.82, 2.24) is 10.2 Å². The van der Waals surface area contributed by atoms with Crippen molar-refractivity contribution >= 4 is 34.8 Å². The Morgan fingerprint density at radius 3 is 2.70 bits per heavy atom. The van der Waals surface area contributed by atoms with Crippen molar-refractivity contribution in [3.05, 3.63) is 51.5 Å². The van der Waals surface area contributed by atoms with Crippen LogP contribution < -0.4 is 5.32 Å². The van der Waals surface area contributed by atoms with Crippen molar-refractivity contribution in [2.45, 2.75) is 0 Å². The molecule has 0 saturated heterocycles. The van der Waals surface area contributed by atoms with E-state index in [4.69, 9.17) is 28.5 Å². The zero-order valence-corrected chi connectivity index (χ0v) is 11.2. The summed E-state index contributed by atoms with van der Waals surface area (Å²) in [7, 11) is 0. The van der Waals surface area contributed by atoms with E-state index in [0.717, 1.165) is 6.07 Å². The number of carbonyl (C=O) groups excluding carboxylic acids is 1. The Bertz CT molecular complexity index is 730. The second-order valence-electron chi connectivity index (χ2n) is 3.63. The minimum absolute atomic E-state index is 0.0140. The third kappa shape index (κ3) is 3.02. The molecule has 1 N–H and O–H groups in total. The summed E-state index contributed by atoms with van der Waals surface area (Å²) >= 11 is 11.3. The second kappa shape index (κ2) is 5.82. The van der Waals surface area contributed by atoms with Crippen LogP contribution in [0.5, 0.6) is 0 Å². The number of halogens is 3. The SMILES string of the molecule is N#Cc1ccc(NC(=O)c2cc(Cl)nnc2Cl)c(F)c1. The second-order valence-corrected chi connectivity index (χ2v) is 4.38. The zero-order chi connectivity index (χ0) is 14.7. The number of nitrogens with zero attached hydrogens (tertiary/aromatic N) is 3. The lowest BCUT2D eigenvalue weighted by Gasteiger charge is -2.07. The van der Waals surface area contributed by atoms with Crippen LogP contribution in [0, 0.1) is 17.1 Å². The van der Waals surface area contributed by atoms with Gasteiger partial charge in [0, 0.05) is 0 Å². The Hall–Kier alpha value is -2.23. The number of nitrogens with one attached hydrogen (secondary N) is 1. The molecule has 5 nitrogen and oxygen atoms in total. The van der Waals surface area contributed by atoms with Gasteiger partial charge in [-0.05, 0) is 24.3 Å². The highest BCUT2D eigenvalue weighted by molar-refractivity contribution is 6.34. The van der Waals surface area contributed by atoms with Crippen molar-refractivity contribution < 1.29 is 9.18 Å². The molecule has 8 heteroatoms. The minimum atomic E-state index is -0.735. The first kappa shape index (κ1) is 14.2. The van der Waals surface area contributed by atoms with E-state index in [1.807, 2.05) is 0 Å². The fourth-order valence-corrected chi connectivity index (χ4v) is 1.71. The maximum atomic E-state index is 13.6. The number of benzene rings is 1. The average Bonchev–Trinajstić information content (AvgIpc) is 2.43. The molecule has 0 aliphatic rings. The van der Waals surface area contributed by atoms with Gasteiger partial charge in [0.1, 0.15) is 5.82 Å². The Labute approximate surface area is 123 Å². The number of hydrogen-bond donors (Lipinski definition) is 1. The highest BCUT2D eigenvalue weighted by Gasteiger charge is 2.15. The molecular formula is C12H5Cl2FN4O. The van der Waals surface area contributed by atoms with Crippen LogP contribution in [0.25, 0.3) is 0 Å². The highest BCUT2D eigenvalue weighted by Crippen LogP contribution is 2.20. The molecular weight excluding hydrogens is 306 g/mol. The van der Waals surface area contributed by atoms with Gasteiger partial charge in [-0.25, -0.2) is 4.39 Å². The van der Waals surface area contributed by atoms with E-state index in [1.165, 1.54) is 18.2 Å². The number of nitriles is 1. The third-order valence-corrected chi connectivity index (χ3v) is 2.77. The van der Waals surface area contributed by atoms with Crippen LogP contribution in [0.1, 0.15) is 15.9 Å². The number of carbonyl (C=O) groups is 1. The smallest absolute Gasteiger partial charge is 0.259 e. The molecule has 1 heterocycles. The lowest BCUT2D eigenvalue weighted by atomic mass is 10.2. The van der Waals surface area contributed by atoms with Gasteiger partial charge in [0.25, 0.3) is 5.91 Å². The van der Waals surface area contributed by atoms with Gasteiger partial charge in [-0.2, -0.15) is 5.26 Å². The number of hydrogen-bond acceptors (Lipinski definition) is 4. The van der Waals surface area contributed by atoms with Crippen molar-refractivity contribution in [2.75, 3.05) is 5.32 Å². The Kier molecular flexibility index (Phi) is 4.13. The van der Waals surface area contributed by atoms with E-state index in [9.17, 15) is 9.18 Å². The van der Waals surface area contributed by atoms with Gasteiger partial charge in [0.15, 0.2) is 10.3 Å². The van der Waals surface area contributed by atoms with Crippen LogP contribution in [-0.4, -0.2) is 16.1 Å². The van der Waals surface area contributed by atoms with Gasteiger partial charge < -0.3 is 5.32 Å². The van der Waals surface area contributed by atoms with E-state index in [2.05, 4.69) is 15.5 Å². The van der Waals surface area contributed by atoms with E-state index in [1.54, 1.807) is 6.07 Å². The summed E-state index contributed by atoms with van der Waals surface area (Å²) in [5.74, 6) is -1.42. The summed E-state index contributed by atoms with van der Waals surface area (Å²) in [5, 5.41) is 17.7. The predicted molar refractivity (Wildman–Crippen MR) is 71.1 cm³/mol. The maximum Gasteiger partial charge on any atom is 0.259 e. The predicted octanol–water partition coefficient (Wildman–Crippen LogP) is 3.05. The maximum absolute atomic E-state index is 13.6. The highest BCUT2D eigenvalue weighted by atomic mass is 35.5. The van der Waals surface area contributed by atoms with Crippen LogP contribution in [0.15, 0.2) is 24.3 Å². The summed E-state index contributed by atoms with van der Waals surface area (Å²) in [6.07, 6.45) is 0. The van der Waals surface area contributed by atoms with Crippen molar-refractivity contribution in [2.24, 2.45) is 0 Å².